The molecule has 39 heavy (non-hydrogen) atoms. The summed E-state index contributed by atoms with van der Waals surface area (Å²) in [6.07, 6.45) is 3.03. The lowest BCUT2D eigenvalue weighted by Crippen LogP contribution is -2.52. The predicted molar refractivity (Wildman–Crippen MR) is 151 cm³/mol. The maximum atomic E-state index is 14.0. The molecule has 13 heteroatoms. The number of hydrogen-bond donors (Lipinski definition) is 1. The maximum Gasteiger partial charge on any atom is 0.330 e. The van der Waals surface area contributed by atoms with Crippen molar-refractivity contribution >= 4 is 55.8 Å². The fraction of sp³-hybridized carbons (Fsp3) is 0.269. The molecule has 1 N–H and O–H groups in total. The number of benzene rings is 2. The van der Waals surface area contributed by atoms with Crippen LogP contribution in [0.3, 0.4) is 0 Å². The zero-order valence-corrected chi connectivity index (χ0v) is 24.0. The molecular formula is C26H26Cl2N4O6S. The standard InChI is InChI=1S/C26H26Cl2N4O6S/c1-26(2,3)22(24(34)35)32(39(37,38)19-12-16(27)11-17(28)13-19)18-6-7-20-15(10-18)8-9-31(20)21-14-29(4)25(36)30(5)23(21)33/h6-14,22H,1-5H3,(H,34,35). The van der Waals surface area contributed by atoms with Crippen molar-refractivity contribution in [3.05, 3.63) is 85.7 Å². The summed E-state index contributed by atoms with van der Waals surface area (Å²) in [6, 6.07) is 8.55. The van der Waals surface area contributed by atoms with Crippen LogP contribution >= 0.6 is 23.2 Å². The van der Waals surface area contributed by atoms with E-state index in [1.165, 1.54) is 55.2 Å². The summed E-state index contributed by atoms with van der Waals surface area (Å²) in [4.78, 5) is 37.2. The van der Waals surface area contributed by atoms with Crippen molar-refractivity contribution in [2.75, 3.05) is 4.31 Å². The molecule has 2 aromatic heterocycles. The number of fused-ring (bicyclic) bond motifs is 1. The number of carbonyl (C=O) groups is 1. The molecule has 2 heterocycles. The Morgan fingerprint density at radius 1 is 1.00 bits per heavy atom. The van der Waals surface area contributed by atoms with Crippen molar-refractivity contribution < 1.29 is 18.3 Å². The molecule has 0 amide bonds. The molecule has 0 fully saturated rings. The van der Waals surface area contributed by atoms with E-state index in [1.54, 1.807) is 43.7 Å². The molecule has 206 valence electrons. The molecule has 0 aliphatic carbocycles. The first-order valence-electron chi connectivity index (χ1n) is 11.7. The summed E-state index contributed by atoms with van der Waals surface area (Å²) in [5, 5.41) is 10.9. The largest absolute Gasteiger partial charge is 0.480 e. The maximum absolute atomic E-state index is 14.0. The number of nitrogens with zero attached hydrogens (tertiary/aromatic N) is 4. The number of carboxylic acids is 1. The summed E-state index contributed by atoms with van der Waals surface area (Å²) >= 11 is 12.2. The second kappa shape index (κ2) is 9.89. The van der Waals surface area contributed by atoms with Crippen molar-refractivity contribution in [1.29, 1.82) is 0 Å². The van der Waals surface area contributed by atoms with Crippen LogP contribution in [0.15, 0.2) is 69.3 Å². The molecule has 2 aromatic carbocycles. The van der Waals surface area contributed by atoms with Crippen molar-refractivity contribution in [1.82, 2.24) is 13.7 Å². The highest BCUT2D eigenvalue weighted by Gasteiger charge is 2.43. The Morgan fingerprint density at radius 2 is 1.62 bits per heavy atom. The van der Waals surface area contributed by atoms with Gasteiger partial charge in [-0.05, 0) is 47.9 Å². The fourth-order valence-electron chi connectivity index (χ4n) is 4.47. The molecule has 4 aromatic rings. The summed E-state index contributed by atoms with van der Waals surface area (Å²) < 4.78 is 32.7. The molecular weight excluding hydrogens is 567 g/mol. The van der Waals surface area contributed by atoms with Gasteiger partial charge in [0.1, 0.15) is 11.7 Å². The van der Waals surface area contributed by atoms with Gasteiger partial charge in [0.05, 0.1) is 16.1 Å². The number of sulfonamides is 1. The Bertz CT molecular complexity index is 1830. The number of aryl methyl sites for hydroxylation is 1. The van der Waals surface area contributed by atoms with Crippen molar-refractivity contribution in [3.8, 4) is 5.69 Å². The average Bonchev–Trinajstić information content (AvgIpc) is 3.24. The molecule has 4 rings (SSSR count). The first-order valence-corrected chi connectivity index (χ1v) is 13.8. The highest BCUT2D eigenvalue weighted by molar-refractivity contribution is 7.93. The van der Waals surface area contributed by atoms with Crippen molar-refractivity contribution in [2.24, 2.45) is 19.5 Å². The van der Waals surface area contributed by atoms with Crippen molar-refractivity contribution in [3.63, 3.8) is 0 Å². The van der Waals surface area contributed by atoms with E-state index < -0.39 is 38.7 Å². The van der Waals surface area contributed by atoms with E-state index in [0.717, 1.165) is 8.87 Å². The third kappa shape index (κ3) is 5.09. The minimum absolute atomic E-state index is 0.0787. The number of rotatable bonds is 6. The normalized spacial score (nSPS) is 13.0. The number of anilines is 1. The smallest absolute Gasteiger partial charge is 0.330 e. The summed E-state index contributed by atoms with van der Waals surface area (Å²) in [6.45, 7) is 4.89. The Hall–Kier alpha value is -3.54. The van der Waals surface area contributed by atoms with E-state index in [1.807, 2.05) is 0 Å². The van der Waals surface area contributed by atoms with Gasteiger partial charge in [0, 0.05) is 41.9 Å². The molecule has 0 saturated heterocycles. The van der Waals surface area contributed by atoms with Gasteiger partial charge in [0.15, 0.2) is 0 Å². The molecule has 0 bridgehead atoms. The van der Waals surface area contributed by atoms with Crippen molar-refractivity contribution in [2.45, 2.75) is 31.7 Å². The van der Waals surface area contributed by atoms with E-state index in [0.29, 0.717) is 10.9 Å². The van der Waals surface area contributed by atoms with Crippen LogP contribution in [0.2, 0.25) is 10.0 Å². The SMILES string of the molecule is Cn1cc(-n2ccc3cc(N(C(C(=O)O)C(C)(C)C)S(=O)(=O)c4cc(Cl)cc(Cl)c4)ccc32)c(=O)n(C)c1=O. The first-order chi connectivity index (χ1) is 18.0. The van der Waals surface area contributed by atoms with E-state index in [-0.39, 0.29) is 26.3 Å². The van der Waals surface area contributed by atoms with Gasteiger partial charge in [-0.25, -0.2) is 18.0 Å². The van der Waals surface area contributed by atoms with Gasteiger partial charge in [-0.1, -0.05) is 44.0 Å². The van der Waals surface area contributed by atoms with Crippen LogP contribution in [0.25, 0.3) is 16.6 Å². The monoisotopic (exact) mass is 592 g/mol. The highest BCUT2D eigenvalue weighted by atomic mass is 35.5. The molecule has 1 unspecified atom stereocenters. The number of aliphatic carboxylic acids is 1. The lowest BCUT2D eigenvalue weighted by atomic mass is 9.86. The topological polar surface area (TPSA) is 124 Å². The molecule has 10 nitrogen and oxygen atoms in total. The quantitative estimate of drug-likeness (QED) is 0.360. The van der Waals surface area contributed by atoms with E-state index >= 15 is 0 Å². The Labute approximate surface area is 234 Å². The third-order valence-corrected chi connectivity index (χ3v) is 8.51. The minimum Gasteiger partial charge on any atom is -0.480 e. The van der Waals surface area contributed by atoms with Crippen LogP contribution in [-0.2, 0) is 28.9 Å². The number of hydrogen-bond acceptors (Lipinski definition) is 5. The van der Waals surface area contributed by atoms with Gasteiger partial charge in [0.25, 0.3) is 15.6 Å². The second-order valence-electron chi connectivity index (χ2n) is 10.2. The fourth-order valence-corrected chi connectivity index (χ4v) is 6.98. The predicted octanol–water partition coefficient (Wildman–Crippen LogP) is 4.03. The third-order valence-electron chi connectivity index (χ3n) is 6.30. The van der Waals surface area contributed by atoms with Gasteiger partial charge in [-0.15, -0.1) is 0 Å². The van der Waals surface area contributed by atoms with Crippen LogP contribution in [0, 0.1) is 5.41 Å². The molecule has 0 aliphatic heterocycles. The van der Waals surface area contributed by atoms with Gasteiger partial charge < -0.3 is 14.2 Å². The number of halogens is 2. The molecule has 1 atom stereocenters. The number of carboxylic acid groups (broad SMARTS) is 1. The highest BCUT2D eigenvalue weighted by Crippen LogP contribution is 2.37. The van der Waals surface area contributed by atoms with Crippen LogP contribution in [0.4, 0.5) is 5.69 Å². The molecule has 0 saturated carbocycles. The van der Waals surface area contributed by atoms with Crippen LogP contribution in [0.5, 0.6) is 0 Å². The van der Waals surface area contributed by atoms with Gasteiger partial charge >= 0.3 is 11.7 Å². The van der Waals surface area contributed by atoms with Gasteiger partial charge in [0.2, 0.25) is 0 Å². The summed E-state index contributed by atoms with van der Waals surface area (Å²) in [5.41, 5.74) is -1.18. The molecule has 0 spiro atoms. The van der Waals surface area contributed by atoms with Crippen LogP contribution < -0.4 is 15.6 Å². The lowest BCUT2D eigenvalue weighted by molar-refractivity contribution is -0.140. The minimum atomic E-state index is -4.48. The first kappa shape index (κ1) is 28.5. The van der Waals surface area contributed by atoms with E-state index in [2.05, 4.69) is 0 Å². The van der Waals surface area contributed by atoms with Gasteiger partial charge in [-0.2, -0.15) is 0 Å². The average molecular weight is 593 g/mol. The molecule has 0 aliphatic rings. The zero-order chi connectivity index (χ0) is 29.0. The second-order valence-corrected chi connectivity index (χ2v) is 12.9. The van der Waals surface area contributed by atoms with Gasteiger partial charge in [-0.3, -0.25) is 13.7 Å². The zero-order valence-electron chi connectivity index (χ0n) is 21.7. The summed E-state index contributed by atoms with van der Waals surface area (Å²) in [5.74, 6) is -1.34. The Balaban J connectivity index is 1.97. The Morgan fingerprint density at radius 3 is 2.18 bits per heavy atom. The van der Waals surface area contributed by atoms with E-state index in [9.17, 15) is 27.9 Å². The lowest BCUT2D eigenvalue weighted by Gasteiger charge is -2.37. The Kier molecular flexibility index (Phi) is 7.22. The van der Waals surface area contributed by atoms with Crippen LogP contribution in [-0.4, -0.2) is 39.2 Å². The summed E-state index contributed by atoms with van der Waals surface area (Å²) in [7, 11) is -1.58. The number of aromatic nitrogens is 3. The van der Waals surface area contributed by atoms with E-state index in [4.69, 9.17) is 23.2 Å². The van der Waals surface area contributed by atoms with Crippen LogP contribution in [0.1, 0.15) is 20.8 Å². The molecule has 0 radical (unpaired) electrons.